The zero-order valence-corrected chi connectivity index (χ0v) is 10.5. The molecule has 0 unspecified atom stereocenters. The maximum atomic E-state index is 12.4. The highest BCUT2D eigenvalue weighted by atomic mass is 19.3. The van der Waals surface area contributed by atoms with Crippen LogP contribution >= 0.6 is 0 Å². The lowest BCUT2D eigenvalue weighted by Gasteiger charge is -2.35. The second kappa shape index (κ2) is 5.62. The highest BCUT2D eigenvalue weighted by Gasteiger charge is 2.32. The van der Waals surface area contributed by atoms with Gasteiger partial charge in [0, 0.05) is 12.1 Å². The van der Waals surface area contributed by atoms with E-state index >= 15 is 0 Å². The number of alkyl halides is 2. The smallest absolute Gasteiger partial charge is 0.410 e. The van der Waals surface area contributed by atoms with E-state index in [1.807, 2.05) is 0 Å². The Balaban J connectivity index is 2.58. The molecule has 1 rings (SSSR count). The quantitative estimate of drug-likeness (QED) is 0.831. The molecule has 0 bridgehead atoms. The van der Waals surface area contributed by atoms with Gasteiger partial charge in [-0.15, -0.1) is 0 Å². The largest absolute Gasteiger partial charge is 0.445 e. The minimum Gasteiger partial charge on any atom is -0.445 e. The first-order valence-corrected chi connectivity index (χ1v) is 5.78. The lowest BCUT2D eigenvalue weighted by Crippen LogP contribution is -2.49. The summed E-state index contributed by atoms with van der Waals surface area (Å²) in [7, 11) is 0. The zero-order chi connectivity index (χ0) is 13.1. The van der Waals surface area contributed by atoms with Crippen LogP contribution in [0.1, 0.15) is 27.2 Å². The van der Waals surface area contributed by atoms with E-state index in [1.54, 1.807) is 20.8 Å². The number of hydrogen-bond donors (Lipinski definition) is 1. The van der Waals surface area contributed by atoms with Gasteiger partial charge >= 0.3 is 6.09 Å². The summed E-state index contributed by atoms with van der Waals surface area (Å²) in [5, 5.41) is 3.05. The first kappa shape index (κ1) is 14.2. The van der Waals surface area contributed by atoms with Crippen molar-refractivity contribution in [1.29, 1.82) is 0 Å². The van der Waals surface area contributed by atoms with Crippen LogP contribution < -0.4 is 5.32 Å². The second-order valence-electron chi connectivity index (χ2n) is 5.17. The highest BCUT2D eigenvalue weighted by Crippen LogP contribution is 2.18. The second-order valence-corrected chi connectivity index (χ2v) is 5.17. The van der Waals surface area contributed by atoms with Gasteiger partial charge in [0.1, 0.15) is 6.10 Å². The number of nitrogens with zero attached hydrogens (tertiary/aromatic N) is 1. The van der Waals surface area contributed by atoms with Crippen molar-refractivity contribution >= 4 is 6.09 Å². The van der Waals surface area contributed by atoms with E-state index in [0.717, 1.165) is 17.9 Å². The summed E-state index contributed by atoms with van der Waals surface area (Å²) in [4.78, 5) is 12.9. The van der Waals surface area contributed by atoms with E-state index in [2.05, 4.69) is 5.32 Å². The number of rotatable bonds is 3. The third-order valence-corrected chi connectivity index (χ3v) is 2.63. The van der Waals surface area contributed by atoms with Gasteiger partial charge in [0.05, 0.1) is 6.54 Å². The summed E-state index contributed by atoms with van der Waals surface area (Å²) in [5.74, 6) is 0. The fourth-order valence-corrected chi connectivity index (χ4v) is 1.70. The van der Waals surface area contributed by atoms with Gasteiger partial charge in [-0.1, -0.05) is 0 Å². The number of nitrogens with one attached hydrogen (secondary N) is 1. The maximum absolute atomic E-state index is 12.4. The molecule has 0 aromatic carbocycles. The van der Waals surface area contributed by atoms with Crippen LogP contribution in [0.4, 0.5) is 13.6 Å². The SMILES string of the molecule is CC(C)(C)N(CC(F)F)C(=O)O[C@H]1CCNC1. The Labute approximate surface area is 100 Å². The predicted octanol–water partition coefficient (Wildman–Crippen LogP) is 1.85. The van der Waals surface area contributed by atoms with E-state index in [4.69, 9.17) is 4.74 Å². The molecular weight excluding hydrogens is 230 g/mol. The van der Waals surface area contributed by atoms with Crippen LogP contribution in [0.25, 0.3) is 0 Å². The van der Waals surface area contributed by atoms with Gasteiger partial charge in [-0.05, 0) is 33.7 Å². The number of hydrogen-bond acceptors (Lipinski definition) is 3. The Morgan fingerprint density at radius 3 is 2.59 bits per heavy atom. The number of carbonyl (C=O) groups excluding carboxylic acids is 1. The Bertz CT molecular complexity index is 261. The fraction of sp³-hybridized carbons (Fsp3) is 0.909. The van der Waals surface area contributed by atoms with Gasteiger partial charge in [-0.25, -0.2) is 13.6 Å². The number of amides is 1. The van der Waals surface area contributed by atoms with Gasteiger partial charge in [-0.3, -0.25) is 4.90 Å². The van der Waals surface area contributed by atoms with Crippen molar-refractivity contribution in [2.45, 2.75) is 45.3 Å². The van der Waals surface area contributed by atoms with Crippen LogP contribution in [0, 0.1) is 0 Å². The molecule has 6 heteroatoms. The van der Waals surface area contributed by atoms with E-state index in [9.17, 15) is 13.6 Å². The van der Waals surface area contributed by atoms with Crippen LogP contribution in [0.3, 0.4) is 0 Å². The standard InChI is InChI=1S/C11H20F2N2O2/c1-11(2,3)15(7-9(12)13)10(16)17-8-4-5-14-6-8/h8-9,14H,4-7H2,1-3H3/t8-/m0/s1. The summed E-state index contributed by atoms with van der Waals surface area (Å²) < 4.78 is 30.0. The molecule has 0 spiro atoms. The molecule has 1 aliphatic rings. The van der Waals surface area contributed by atoms with Gasteiger partial charge in [0.15, 0.2) is 0 Å². The van der Waals surface area contributed by atoms with E-state index in [1.165, 1.54) is 0 Å². The summed E-state index contributed by atoms with van der Waals surface area (Å²) in [5.41, 5.74) is -0.667. The average molecular weight is 250 g/mol. The molecule has 0 aromatic heterocycles. The van der Waals surface area contributed by atoms with Crippen LogP contribution in [-0.2, 0) is 4.74 Å². The van der Waals surface area contributed by atoms with E-state index in [0.29, 0.717) is 6.54 Å². The molecule has 0 radical (unpaired) electrons. The molecule has 0 aliphatic carbocycles. The minimum atomic E-state index is -2.55. The van der Waals surface area contributed by atoms with Crippen molar-refractivity contribution in [3.8, 4) is 0 Å². The molecule has 1 fully saturated rings. The topological polar surface area (TPSA) is 41.6 Å². The van der Waals surface area contributed by atoms with Crippen LogP contribution in [-0.4, -0.2) is 48.7 Å². The molecule has 17 heavy (non-hydrogen) atoms. The Morgan fingerprint density at radius 2 is 2.18 bits per heavy atom. The number of halogens is 2. The molecule has 1 amide bonds. The van der Waals surface area contributed by atoms with Gasteiger partial charge in [-0.2, -0.15) is 0 Å². The monoisotopic (exact) mass is 250 g/mol. The highest BCUT2D eigenvalue weighted by molar-refractivity contribution is 5.68. The summed E-state index contributed by atoms with van der Waals surface area (Å²) >= 11 is 0. The third-order valence-electron chi connectivity index (χ3n) is 2.63. The fourth-order valence-electron chi connectivity index (χ4n) is 1.70. The number of ether oxygens (including phenoxy) is 1. The molecular formula is C11H20F2N2O2. The van der Waals surface area contributed by atoms with Gasteiger partial charge in [0.2, 0.25) is 0 Å². The maximum Gasteiger partial charge on any atom is 0.410 e. The van der Waals surface area contributed by atoms with E-state index < -0.39 is 24.6 Å². The summed E-state index contributed by atoms with van der Waals surface area (Å²) in [6.45, 7) is 5.93. The Hall–Kier alpha value is -0.910. The molecule has 100 valence electrons. The average Bonchev–Trinajstić information content (AvgIpc) is 2.64. The first-order valence-electron chi connectivity index (χ1n) is 5.78. The van der Waals surface area contributed by atoms with E-state index in [-0.39, 0.29) is 6.10 Å². The molecule has 4 nitrogen and oxygen atoms in total. The Morgan fingerprint density at radius 1 is 1.53 bits per heavy atom. The molecule has 1 N–H and O–H groups in total. The minimum absolute atomic E-state index is 0.204. The number of carbonyl (C=O) groups is 1. The van der Waals surface area contributed by atoms with Crippen molar-refractivity contribution in [3.63, 3.8) is 0 Å². The van der Waals surface area contributed by atoms with Crippen LogP contribution in [0.15, 0.2) is 0 Å². The van der Waals surface area contributed by atoms with Crippen LogP contribution in [0.5, 0.6) is 0 Å². The third kappa shape index (κ3) is 4.46. The molecule has 1 heterocycles. The lowest BCUT2D eigenvalue weighted by molar-refractivity contribution is 0.0121. The van der Waals surface area contributed by atoms with Crippen LogP contribution in [0.2, 0.25) is 0 Å². The van der Waals surface area contributed by atoms with Gasteiger partial charge in [0.25, 0.3) is 6.43 Å². The summed E-state index contributed by atoms with van der Waals surface area (Å²) in [6.07, 6.45) is -2.68. The Kier molecular flexibility index (Phi) is 4.68. The van der Waals surface area contributed by atoms with Crippen molar-refractivity contribution in [2.75, 3.05) is 19.6 Å². The van der Waals surface area contributed by atoms with Crippen molar-refractivity contribution in [1.82, 2.24) is 10.2 Å². The predicted molar refractivity (Wildman–Crippen MR) is 60.2 cm³/mol. The molecule has 1 aliphatic heterocycles. The molecule has 0 saturated carbocycles. The normalized spacial score (nSPS) is 20.7. The van der Waals surface area contributed by atoms with Crippen molar-refractivity contribution in [2.24, 2.45) is 0 Å². The molecule has 1 atom stereocenters. The first-order chi connectivity index (χ1) is 7.80. The lowest BCUT2D eigenvalue weighted by atomic mass is 10.1. The summed E-state index contributed by atoms with van der Waals surface area (Å²) in [6, 6.07) is 0. The zero-order valence-electron chi connectivity index (χ0n) is 10.5. The van der Waals surface area contributed by atoms with Gasteiger partial charge < -0.3 is 10.1 Å². The van der Waals surface area contributed by atoms with Crippen molar-refractivity contribution in [3.05, 3.63) is 0 Å². The van der Waals surface area contributed by atoms with Crippen molar-refractivity contribution < 1.29 is 18.3 Å². The molecule has 1 saturated heterocycles. The molecule has 0 aromatic rings.